The number of amides is 1. The van der Waals surface area contributed by atoms with Gasteiger partial charge in [-0.25, -0.2) is 0 Å². The highest BCUT2D eigenvalue weighted by molar-refractivity contribution is 5.76. The molecule has 2 unspecified atom stereocenters. The number of hydrogen-bond acceptors (Lipinski definition) is 2. The van der Waals surface area contributed by atoms with Crippen LogP contribution in [-0.4, -0.2) is 34.6 Å². The predicted molar refractivity (Wildman–Crippen MR) is 67.3 cm³/mol. The number of carbonyl (C=O) groups is 1. The lowest BCUT2D eigenvalue weighted by Crippen LogP contribution is -2.39. The van der Waals surface area contributed by atoms with Gasteiger partial charge in [0.2, 0.25) is 5.91 Å². The number of aliphatic hydroxyl groups excluding tert-OH is 1. The molecule has 0 aliphatic heterocycles. The number of hydrogen-bond donors (Lipinski definition) is 1. The molecule has 3 heteroatoms. The first kappa shape index (κ1) is 15.4. The second kappa shape index (κ2) is 8.57. The summed E-state index contributed by atoms with van der Waals surface area (Å²) < 4.78 is 0. The van der Waals surface area contributed by atoms with Gasteiger partial charge in [0.25, 0.3) is 0 Å². The number of carbonyl (C=O) groups excluding carboxylic acids is 1. The smallest absolute Gasteiger partial charge is 0.222 e. The molecule has 0 heterocycles. The van der Waals surface area contributed by atoms with Gasteiger partial charge in [-0.05, 0) is 33.1 Å². The Hall–Kier alpha value is -0.570. The lowest BCUT2D eigenvalue weighted by molar-refractivity contribution is -0.133. The minimum Gasteiger partial charge on any atom is -0.393 e. The van der Waals surface area contributed by atoms with E-state index in [1.54, 1.807) is 6.92 Å². The molecule has 0 aromatic carbocycles. The van der Waals surface area contributed by atoms with Crippen molar-refractivity contribution < 1.29 is 9.90 Å². The molecule has 0 rings (SSSR count). The van der Waals surface area contributed by atoms with Crippen LogP contribution < -0.4 is 0 Å². The van der Waals surface area contributed by atoms with Gasteiger partial charge in [-0.2, -0.15) is 0 Å². The normalized spacial score (nSPS) is 14.6. The first-order valence-electron chi connectivity index (χ1n) is 6.50. The third kappa shape index (κ3) is 6.11. The Bertz CT molecular complexity index is 192. The molecule has 1 amide bonds. The highest BCUT2D eigenvalue weighted by Crippen LogP contribution is 2.10. The summed E-state index contributed by atoms with van der Waals surface area (Å²) in [6.45, 7) is 8.91. The van der Waals surface area contributed by atoms with E-state index in [9.17, 15) is 9.90 Å². The maximum absolute atomic E-state index is 12.0. The third-order valence-corrected chi connectivity index (χ3v) is 2.97. The molecule has 96 valence electrons. The van der Waals surface area contributed by atoms with Gasteiger partial charge in [0, 0.05) is 19.0 Å². The van der Waals surface area contributed by atoms with Crippen molar-refractivity contribution in [3.05, 3.63) is 0 Å². The molecular formula is C13H27NO2. The van der Waals surface area contributed by atoms with Crippen molar-refractivity contribution in [3.63, 3.8) is 0 Å². The highest BCUT2D eigenvalue weighted by atomic mass is 16.3. The van der Waals surface area contributed by atoms with Crippen LogP contribution in [0.5, 0.6) is 0 Å². The lowest BCUT2D eigenvalue weighted by atomic mass is 10.1. The van der Waals surface area contributed by atoms with E-state index in [0.29, 0.717) is 18.9 Å². The molecule has 0 radical (unpaired) electrons. The summed E-state index contributed by atoms with van der Waals surface area (Å²) in [5.74, 6) is 0.184. The quantitative estimate of drug-likeness (QED) is 0.695. The van der Waals surface area contributed by atoms with Crippen molar-refractivity contribution >= 4 is 5.91 Å². The summed E-state index contributed by atoms with van der Waals surface area (Å²) in [5.41, 5.74) is 0. The Kier molecular flexibility index (Phi) is 8.26. The lowest BCUT2D eigenvalue weighted by Gasteiger charge is -2.29. The number of aliphatic hydroxyl groups is 1. The second-order valence-electron chi connectivity index (χ2n) is 4.59. The van der Waals surface area contributed by atoms with Gasteiger partial charge in [0.05, 0.1) is 6.10 Å². The minimum atomic E-state index is -0.381. The molecule has 0 fully saturated rings. The molecule has 2 atom stereocenters. The van der Waals surface area contributed by atoms with Gasteiger partial charge in [-0.1, -0.05) is 20.3 Å². The Morgan fingerprint density at radius 1 is 1.31 bits per heavy atom. The van der Waals surface area contributed by atoms with Gasteiger partial charge >= 0.3 is 0 Å². The standard InChI is InChI=1S/C13H27NO2/c1-5-7-10-14(11(3)6-2)13(16)9-8-12(4)15/h11-12,15H,5-10H2,1-4H3. The highest BCUT2D eigenvalue weighted by Gasteiger charge is 2.18. The molecule has 0 saturated carbocycles. The van der Waals surface area contributed by atoms with Crippen molar-refractivity contribution in [2.45, 2.75) is 71.9 Å². The molecule has 0 aromatic heterocycles. The average Bonchev–Trinajstić information content (AvgIpc) is 2.26. The fraction of sp³-hybridized carbons (Fsp3) is 0.923. The van der Waals surface area contributed by atoms with E-state index in [1.165, 1.54) is 0 Å². The molecule has 0 bridgehead atoms. The van der Waals surface area contributed by atoms with E-state index >= 15 is 0 Å². The van der Waals surface area contributed by atoms with Crippen LogP contribution in [0.2, 0.25) is 0 Å². The topological polar surface area (TPSA) is 40.5 Å². The van der Waals surface area contributed by atoms with Crippen molar-refractivity contribution in [2.75, 3.05) is 6.54 Å². The molecule has 0 aliphatic rings. The third-order valence-electron chi connectivity index (χ3n) is 2.97. The molecule has 16 heavy (non-hydrogen) atoms. The number of nitrogens with zero attached hydrogens (tertiary/aromatic N) is 1. The monoisotopic (exact) mass is 229 g/mol. The van der Waals surface area contributed by atoms with Gasteiger partial charge in [-0.15, -0.1) is 0 Å². The molecule has 0 spiro atoms. The molecule has 0 aliphatic carbocycles. The fourth-order valence-electron chi connectivity index (χ4n) is 1.62. The summed E-state index contributed by atoms with van der Waals surface area (Å²) in [7, 11) is 0. The Balaban J connectivity index is 4.20. The van der Waals surface area contributed by atoms with Crippen molar-refractivity contribution in [2.24, 2.45) is 0 Å². The number of rotatable bonds is 8. The maximum Gasteiger partial charge on any atom is 0.222 e. The zero-order valence-corrected chi connectivity index (χ0v) is 11.2. The Morgan fingerprint density at radius 3 is 2.38 bits per heavy atom. The largest absolute Gasteiger partial charge is 0.393 e. The van der Waals surface area contributed by atoms with Crippen LogP contribution >= 0.6 is 0 Å². The van der Waals surface area contributed by atoms with Crippen LogP contribution in [0.3, 0.4) is 0 Å². The maximum atomic E-state index is 12.0. The van der Waals surface area contributed by atoms with E-state index in [4.69, 9.17) is 0 Å². The van der Waals surface area contributed by atoms with Crippen molar-refractivity contribution in [3.8, 4) is 0 Å². The minimum absolute atomic E-state index is 0.184. The van der Waals surface area contributed by atoms with E-state index in [-0.39, 0.29) is 12.0 Å². The summed E-state index contributed by atoms with van der Waals surface area (Å²) in [5, 5.41) is 9.18. The van der Waals surface area contributed by atoms with E-state index < -0.39 is 0 Å². The molecule has 0 aromatic rings. The van der Waals surface area contributed by atoms with Crippen LogP contribution in [0.25, 0.3) is 0 Å². The fourth-order valence-corrected chi connectivity index (χ4v) is 1.62. The van der Waals surface area contributed by atoms with Gasteiger partial charge in [-0.3, -0.25) is 4.79 Å². The van der Waals surface area contributed by atoms with Gasteiger partial charge < -0.3 is 10.0 Å². The molecule has 0 saturated heterocycles. The van der Waals surface area contributed by atoms with Crippen LogP contribution in [-0.2, 0) is 4.79 Å². The van der Waals surface area contributed by atoms with E-state index in [2.05, 4.69) is 20.8 Å². The van der Waals surface area contributed by atoms with E-state index in [0.717, 1.165) is 25.8 Å². The van der Waals surface area contributed by atoms with Crippen molar-refractivity contribution in [1.82, 2.24) is 4.90 Å². The van der Waals surface area contributed by atoms with Crippen molar-refractivity contribution in [1.29, 1.82) is 0 Å². The van der Waals surface area contributed by atoms with E-state index in [1.807, 2.05) is 4.90 Å². The van der Waals surface area contributed by atoms with Crippen LogP contribution in [0, 0.1) is 0 Å². The number of unbranched alkanes of at least 4 members (excludes halogenated alkanes) is 1. The van der Waals surface area contributed by atoms with Gasteiger partial charge in [0.1, 0.15) is 0 Å². The summed E-state index contributed by atoms with van der Waals surface area (Å²) >= 11 is 0. The SMILES string of the molecule is CCCCN(C(=O)CCC(C)O)C(C)CC. The molecule has 3 nitrogen and oxygen atoms in total. The van der Waals surface area contributed by atoms with Crippen LogP contribution in [0.4, 0.5) is 0 Å². The molecule has 1 N–H and O–H groups in total. The zero-order chi connectivity index (χ0) is 12.6. The first-order chi connectivity index (χ1) is 7.52. The summed E-state index contributed by atoms with van der Waals surface area (Å²) in [6.07, 6.45) is 3.81. The second-order valence-corrected chi connectivity index (χ2v) is 4.59. The zero-order valence-electron chi connectivity index (χ0n) is 11.2. The summed E-state index contributed by atoms with van der Waals surface area (Å²) in [4.78, 5) is 13.9. The average molecular weight is 229 g/mol. The predicted octanol–water partition coefficient (Wildman–Crippen LogP) is 2.57. The Labute approximate surface area is 99.8 Å². The molecular weight excluding hydrogens is 202 g/mol. The van der Waals surface area contributed by atoms with Crippen LogP contribution in [0.15, 0.2) is 0 Å². The van der Waals surface area contributed by atoms with Gasteiger partial charge in [0.15, 0.2) is 0 Å². The summed E-state index contributed by atoms with van der Waals surface area (Å²) in [6, 6.07) is 0.313. The Morgan fingerprint density at radius 2 is 1.94 bits per heavy atom. The first-order valence-corrected chi connectivity index (χ1v) is 6.50. The van der Waals surface area contributed by atoms with Crippen LogP contribution in [0.1, 0.15) is 59.8 Å².